The van der Waals surface area contributed by atoms with Crippen molar-refractivity contribution < 1.29 is 4.79 Å². The fourth-order valence-corrected chi connectivity index (χ4v) is 4.60. The van der Waals surface area contributed by atoms with Gasteiger partial charge in [0.15, 0.2) is 0 Å². The lowest BCUT2D eigenvalue weighted by molar-refractivity contribution is 0.0948. The third-order valence-corrected chi connectivity index (χ3v) is 6.10. The lowest BCUT2D eigenvalue weighted by Gasteiger charge is -2.13. The minimum Gasteiger partial charge on any atom is -0.351 e. The van der Waals surface area contributed by atoms with E-state index in [1.54, 1.807) is 11.3 Å². The Bertz CT molecular complexity index is 469. The van der Waals surface area contributed by atoms with E-state index >= 15 is 0 Å². The summed E-state index contributed by atoms with van der Waals surface area (Å²) >= 11 is 7.53. The van der Waals surface area contributed by atoms with Gasteiger partial charge in [0.25, 0.3) is 5.91 Å². The number of carbonyl (C=O) groups excluding carboxylic acids is 1. The number of hydrogen-bond donors (Lipinski definition) is 1. The van der Waals surface area contributed by atoms with Gasteiger partial charge in [-0.1, -0.05) is 6.42 Å². The highest BCUT2D eigenvalue weighted by atomic mass is 35.5. The minimum atomic E-state index is 0.115. The lowest BCUT2D eigenvalue weighted by Crippen LogP contribution is -2.29. The van der Waals surface area contributed by atoms with Crippen LogP contribution in [0.2, 0.25) is 0 Å². The predicted molar refractivity (Wildman–Crippen MR) is 84.9 cm³/mol. The van der Waals surface area contributed by atoms with Gasteiger partial charge in [0.05, 0.1) is 4.88 Å². The third kappa shape index (κ3) is 3.20. The molecule has 3 rings (SSSR count). The van der Waals surface area contributed by atoms with Gasteiger partial charge in [0.2, 0.25) is 0 Å². The molecule has 0 aromatic carbocycles. The Balaban J connectivity index is 1.60. The number of amides is 1. The first-order valence-electron chi connectivity index (χ1n) is 7.68. The Kier molecular flexibility index (Phi) is 4.37. The van der Waals surface area contributed by atoms with Crippen LogP contribution in [-0.4, -0.2) is 18.3 Å². The quantitative estimate of drug-likeness (QED) is 0.642. The fourth-order valence-electron chi connectivity index (χ4n) is 3.03. The van der Waals surface area contributed by atoms with E-state index in [9.17, 15) is 4.79 Å². The average molecular weight is 312 g/mol. The number of hydrogen-bond acceptors (Lipinski definition) is 2. The maximum atomic E-state index is 12.3. The van der Waals surface area contributed by atoms with Crippen LogP contribution in [-0.2, 0) is 12.8 Å². The van der Waals surface area contributed by atoms with Crippen molar-refractivity contribution in [3.05, 3.63) is 21.4 Å². The molecule has 0 spiro atoms. The van der Waals surface area contributed by atoms with Crippen LogP contribution in [0.1, 0.15) is 58.6 Å². The van der Waals surface area contributed by atoms with Crippen LogP contribution in [0.5, 0.6) is 0 Å². The molecule has 2 aliphatic carbocycles. The molecular formula is C16H22ClNOS. The van der Waals surface area contributed by atoms with E-state index < -0.39 is 0 Å². The second kappa shape index (κ2) is 6.07. The first-order valence-corrected chi connectivity index (χ1v) is 9.03. The molecule has 1 saturated carbocycles. The summed E-state index contributed by atoms with van der Waals surface area (Å²) in [6.07, 6.45) is 9.61. The topological polar surface area (TPSA) is 29.1 Å². The zero-order chi connectivity index (χ0) is 14.0. The molecule has 0 unspecified atom stereocenters. The summed E-state index contributed by atoms with van der Waals surface area (Å²) in [5, 5.41) is 3.12. The van der Waals surface area contributed by atoms with E-state index in [1.807, 2.05) is 0 Å². The van der Waals surface area contributed by atoms with Crippen LogP contribution in [0.15, 0.2) is 6.07 Å². The molecule has 2 nitrogen and oxygen atoms in total. The largest absolute Gasteiger partial charge is 0.351 e. The third-order valence-electron chi connectivity index (χ3n) is 4.68. The number of alkyl halides is 1. The van der Waals surface area contributed by atoms with Gasteiger partial charge in [0.1, 0.15) is 0 Å². The SMILES string of the molecule is O=C(NCC1(CCCl)CC1)c1cc2c(s1)CCCCC2. The first kappa shape index (κ1) is 14.4. The molecule has 1 aromatic heterocycles. The second-order valence-corrected chi connectivity index (χ2v) is 7.76. The summed E-state index contributed by atoms with van der Waals surface area (Å²) in [5.41, 5.74) is 1.73. The first-order chi connectivity index (χ1) is 9.72. The molecule has 1 amide bonds. The molecule has 110 valence electrons. The summed E-state index contributed by atoms with van der Waals surface area (Å²) in [6.45, 7) is 0.793. The normalized spacial score (nSPS) is 20.1. The van der Waals surface area contributed by atoms with Gasteiger partial charge in [-0.05, 0) is 62.0 Å². The molecule has 1 N–H and O–H groups in total. The van der Waals surface area contributed by atoms with Crippen LogP contribution in [0.4, 0.5) is 0 Å². The Morgan fingerprint density at radius 3 is 2.85 bits per heavy atom. The highest BCUT2D eigenvalue weighted by Gasteiger charge is 2.41. The number of fused-ring (bicyclic) bond motifs is 1. The van der Waals surface area contributed by atoms with Gasteiger partial charge in [-0.2, -0.15) is 0 Å². The molecule has 0 bridgehead atoms. The van der Waals surface area contributed by atoms with Crippen LogP contribution in [0, 0.1) is 5.41 Å². The Labute approximate surface area is 129 Å². The molecule has 1 aromatic rings. The van der Waals surface area contributed by atoms with Gasteiger partial charge in [0, 0.05) is 17.3 Å². The standard InChI is InChI=1S/C16H22ClNOS/c17-9-8-16(6-7-16)11-18-15(19)14-10-12-4-2-1-3-5-13(12)20-14/h10H,1-9,11H2,(H,18,19). The van der Waals surface area contributed by atoms with Crippen molar-refractivity contribution in [3.63, 3.8) is 0 Å². The number of halogens is 1. The fraction of sp³-hybridized carbons (Fsp3) is 0.688. The number of rotatable bonds is 5. The summed E-state index contributed by atoms with van der Waals surface area (Å²) in [4.78, 5) is 14.6. The summed E-state index contributed by atoms with van der Waals surface area (Å²) < 4.78 is 0. The van der Waals surface area contributed by atoms with Crippen LogP contribution < -0.4 is 5.32 Å². The summed E-state index contributed by atoms with van der Waals surface area (Å²) in [5.74, 6) is 0.812. The molecule has 1 heterocycles. The molecule has 0 saturated heterocycles. The number of thiophene rings is 1. The molecular weight excluding hydrogens is 290 g/mol. The van der Waals surface area contributed by atoms with Crippen molar-refractivity contribution in [2.45, 2.75) is 51.4 Å². The second-order valence-electron chi connectivity index (χ2n) is 6.24. The highest BCUT2D eigenvalue weighted by molar-refractivity contribution is 7.14. The number of carbonyl (C=O) groups is 1. The average Bonchev–Trinajstić information content (AvgIpc) is 3.15. The van der Waals surface area contributed by atoms with Crippen molar-refractivity contribution in [1.29, 1.82) is 0 Å². The van der Waals surface area contributed by atoms with E-state index in [0.717, 1.165) is 30.7 Å². The minimum absolute atomic E-state index is 0.115. The number of aryl methyl sites for hydroxylation is 2. The van der Waals surface area contributed by atoms with Crippen molar-refractivity contribution in [2.24, 2.45) is 5.41 Å². The number of nitrogens with one attached hydrogen (secondary N) is 1. The van der Waals surface area contributed by atoms with E-state index in [2.05, 4.69) is 11.4 Å². The molecule has 0 aliphatic heterocycles. The smallest absolute Gasteiger partial charge is 0.261 e. The van der Waals surface area contributed by atoms with E-state index in [-0.39, 0.29) is 5.91 Å². The van der Waals surface area contributed by atoms with Gasteiger partial charge >= 0.3 is 0 Å². The van der Waals surface area contributed by atoms with Crippen LogP contribution in [0.3, 0.4) is 0 Å². The molecule has 2 aliphatic rings. The van der Waals surface area contributed by atoms with Crippen LogP contribution in [0.25, 0.3) is 0 Å². The van der Waals surface area contributed by atoms with Gasteiger partial charge in [-0.3, -0.25) is 4.79 Å². The predicted octanol–water partition coefficient (Wildman–Crippen LogP) is 4.16. The monoisotopic (exact) mass is 311 g/mol. The summed E-state index contributed by atoms with van der Waals surface area (Å²) in [6, 6.07) is 2.13. The van der Waals surface area contributed by atoms with Gasteiger partial charge in [-0.25, -0.2) is 0 Å². The zero-order valence-electron chi connectivity index (χ0n) is 11.8. The summed E-state index contributed by atoms with van der Waals surface area (Å²) in [7, 11) is 0. The van der Waals surface area contributed by atoms with Crippen molar-refractivity contribution in [2.75, 3.05) is 12.4 Å². The molecule has 4 heteroatoms. The maximum Gasteiger partial charge on any atom is 0.261 e. The van der Waals surface area contributed by atoms with Crippen molar-refractivity contribution in [1.82, 2.24) is 5.32 Å². The van der Waals surface area contributed by atoms with E-state index in [1.165, 1.54) is 42.5 Å². The molecule has 1 fully saturated rings. The zero-order valence-corrected chi connectivity index (χ0v) is 13.4. The maximum absolute atomic E-state index is 12.3. The highest BCUT2D eigenvalue weighted by Crippen LogP contribution is 2.48. The van der Waals surface area contributed by atoms with Gasteiger partial charge in [-0.15, -0.1) is 22.9 Å². The lowest BCUT2D eigenvalue weighted by atomic mass is 10.0. The van der Waals surface area contributed by atoms with E-state index in [4.69, 9.17) is 11.6 Å². The Hall–Kier alpha value is -0.540. The molecule has 20 heavy (non-hydrogen) atoms. The Morgan fingerprint density at radius 1 is 1.30 bits per heavy atom. The van der Waals surface area contributed by atoms with Crippen LogP contribution >= 0.6 is 22.9 Å². The van der Waals surface area contributed by atoms with E-state index in [0.29, 0.717) is 11.3 Å². The molecule has 0 radical (unpaired) electrons. The van der Waals surface area contributed by atoms with Crippen molar-refractivity contribution in [3.8, 4) is 0 Å². The van der Waals surface area contributed by atoms with Crippen molar-refractivity contribution >= 4 is 28.8 Å². The molecule has 0 atom stereocenters. The Morgan fingerprint density at radius 2 is 2.10 bits per heavy atom. The van der Waals surface area contributed by atoms with Gasteiger partial charge < -0.3 is 5.32 Å².